The molecule has 2 heterocycles. The molecular formula is C14H11ClN4O2S. The molecule has 3 rings (SSSR count). The van der Waals surface area contributed by atoms with Crippen molar-refractivity contribution in [2.45, 2.75) is 11.8 Å². The van der Waals surface area contributed by atoms with E-state index in [1.54, 1.807) is 24.3 Å². The predicted octanol–water partition coefficient (Wildman–Crippen LogP) is 2.69. The van der Waals surface area contributed by atoms with Crippen LogP contribution < -0.4 is 0 Å². The molecule has 0 saturated heterocycles. The van der Waals surface area contributed by atoms with Crippen molar-refractivity contribution in [2.75, 3.05) is 0 Å². The minimum Gasteiger partial charge on any atom is -0.289 e. The summed E-state index contributed by atoms with van der Waals surface area (Å²) in [6.07, 6.45) is 4.12. The number of imidazole rings is 1. The highest BCUT2D eigenvalue weighted by Gasteiger charge is 2.11. The Morgan fingerprint density at radius 3 is 2.59 bits per heavy atom. The van der Waals surface area contributed by atoms with Crippen molar-refractivity contribution in [3.63, 3.8) is 0 Å². The maximum absolute atomic E-state index is 12.3. The third-order valence-corrected chi connectivity index (χ3v) is 4.75. The second kappa shape index (κ2) is 5.51. The average Bonchev–Trinajstić information content (AvgIpc) is 2.90. The van der Waals surface area contributed by atoms with E-state index in [0.29, 0.717) is 11.2 Å². The standard InChI is InChI=1S/C14H11ClN4O2S/c1-10-2-4-11(5-3-10)22(20,21)7-6-19-9-18-12-13(15)16-8-17-14(12)19/h2-9H,1H3/b7-6+. The number of fused-ring (bicyclic) bond motifs is 1. The number of sulfone groups is 1. The molecule has 0 unspecified atom stereocenters. The number of aromatic nitrogens is 4. The summed E-state index contributed by atoms with van der Waals surface area (Å²) in [7, 11) is -3.54. The van der Waals surface area contributed by atoms with Gasteiger partial charge in [-0.15, -0.1) is 0 Å². The average molecular weight is 335 g/mol. The quantitative estimate of drug-likeness (QED) is 0.688. The normalized spacial score (nSPS) is 12.3. The van der Waals surface area contributed by atoms with Gasteiger partial charge in [0.2, 0.25) is 9.84 Å². The van der Waals surface area contributed by atoms with Gasteiger partial charge in [0.25, 0.3) is 0 Å². The van der Waals surface area contributed by atoms with Crippen LogP contribution in [-0.2, 0) is 9.84 Å². The van der Waals surface area contributed by atoms with Gasteiger partial charge in [0, 0.05) is 6.20 Å². The second-order valence-electron chi connectivity index (χ2n) is 4.63. The molecule has 0 saturated carbocycles. The SMILES string of the molecule is Cc1ccc(S(=O)(=O)/C=C/n2cnc3c(Cl)ncnc32)cc1. The zero-order valence-corrected chi connectivity index (χ0v) is 13.1. The fourth-order valence-corrected chi connectivity index (χ4v) is 3.03. The molecule has 0 N–H and O–H groups in total. The van der Waals surface area contributed by atoms with Gasteiger partial charge in [-0.3, -0.25) is 4.57 Å². The third kappa shape index (κ3) is 2.72. The summed E-state index contributed by atoms with van der Waals surface area (Å²) in [6, 6.07) is 6.64. The van der Waals surface area contributed by atoms with Crippen molar-refractivity contribution in [1.82, 2.24) is 19.5 Å². The molecule has 8 heteroatoms. The highest BCUT2D eigenvalue weighted by Crippen LogP contribution is 2.18. The topological polar surface area (TPSA) is 77.7 Å². The number of aryl methyl sites for hydroxylation is 1. The van der Waals surface area contributed by atoms with Crippen molar-refractivity contribution in [1.29, 1.82) is 0 Å². The van der Waals surface area contributed by atoms with Crippen molar-refractivity contribution >= 4 is 38.8 Å². The lowest BCUT2D eigenvalue weighted by Crippen LogP contribution is -1.97. The first kappa shape index (κ1) is 14.7. The predicted molar refractivity (Wildman–Crippen MR) is 84.0 cm³/mol. The molecule has 0 fully saturated rings. The number of benzene rings is 1. The zero-order chi connectivity index (χ0) is 15.7. The van der Waals surface area contributed by atoms with Crippen LogP contribution in [0.25, 0.3) is 17.4 Å². The van der Waals surface area contributed by atoms with Crippen molar-refractivity contribution < 1.29 is 8.42 Å². The Labute approximate surface area is 132 Å². The van der Waals surface area contributed by atoms with Crippen molar-refractivity contribution in [3.8, 4) is 0 Å². The Bertz CT molecular complexity index is 962. The summed E-state index contributed by atoms with van der Waals surface area (Å²) in [5, 5.41) is 1.33. The van der Waals surface area contributed by atoms with Crippen LogP contribution in [0.1, 0.15) is 5.56 Å². The number of hydrogen-bond acceptors (Lipinski definition) is 5. The third-order valence-electron chi connectivity index (χ3n) is 3.06. The van der Waals surface area contributed by atoms with E-state index in [9.17, 15) is 8.42 Å². The molecule has 112 valence electrons. The summed E-state index contributed by atoms with van der Waals surface area (Å²) in [5.41, 5.74) is 1.85. The van der Waals surface area contributed by atoms with E-state index >= 15 is 0 Å². The summed E-state index contributed by atoms with van der Waals surface area (Å²) in [5.74, 6) is 0. The molecule has 0 aliphatic heterocycles. The maximum atomic E-state index is 12.3. The van der Waals surface area contributed by atoms with E-state index in [1.165, 1.54) is 23.4 Å². The highest BCUT2D eigenvalue weighted by molar-refractivity contribution is 7.94. The molecule has 22 heavy (non-hydrogen) atoms. The summed E-state index contributed by atoms with van der Waals surface area (Å²) >= 11 is 5.90. The maximum Gasteiger partial charge on any atom is 0.201 e. The minimum atomic E-state index is -3.54. The van der Waals surface area contributed by atoms with Crippen LogP contribution in [0.2, 0.25) is 5.15 Å². The van der Waals surface area contributed by atoms with Crippen LogP contribution in [0.15, 0.2) is 47.2 Å². The first-order chi connectivity index (χ1) is 10.5. The van der Waals surface area contributed by atoms with Gasteiger partial charge in [-0.25, -0.2) is 23.4 Å². The molecule has 0 bridgehead atoms. The number of rotatable bonds is 3. The molecule has 3 aromatic rings. The number of nitrogens with zero attached hydrogens (tertiary/aromatic N) is 4. The monoisotopic (exact) mass is 334 g/mol. The molecular weight excluding hydrogens is 324 g/mol. The van der Waals surface area contributed by atoms with Crippen LogP contribution in [0.4, 0.5) is 0 Å². The van der Waals surface area contributed by atoms with Gasteiger partial charge in [-0.05, 0) is 19.1 Å². The molecule has 0 aliphatic carbocycles. The largest absolute Gasteiger partial charge is 0.289 e. The Kier molecular flexibility index (Phi) is 3.67. The van der Waals surface area contributed by atoms with Crippen LogP contribution in [0, 0.1) is 6.92 Å². The van der Waals surface area contributed by atoms with Crippen molar-refractivity contribution in [2.24, 2.45) is 0 Å². The number of halogens is 1. The molecule has 2 aromatic heterocycles. The minimum absolute atomic E-state index is 0.221. The molecule has 1 aromatic carbocycles. The molecule has 0 spiro atoms. The Balaban J connectivity index is 1.99. The van der Waals surface area contributed by atoms with Crippen LogP contribution in [0.3, 0.4) is 0 Å². The number of hydrogen-bond donors (Lipinski definition) is 0. The smallest absolute Gasteiger partial charge is 0.201 e. The molecule has 0 atom stereocenters. The van der Waals surface area contributed by atoms with E-state index in [2.05, 4.69) is 15.0 Å². The Morgan fingerprint density at radius 2 is 1.86 bits per heavy atom. The van der Waals surface area contributed by atoms with E-state index in [0.717, 1.165) is 11.0 Å². The first-order valence-corrected chi connectivity index (χ1v) is 8.23. The lowest BCUT2D eigenvalue weighted by atomic mass is 10.2. The highest BCUT2D eigenvalue weighted by atomic mass is 35.5. The van der Waals surface area contributed by atoms with Gasteiger partial charge in [0.1, 0.15) is 18.2 Å². The fourth-order valence-electron chi connectivity index (χ4n) is 1.88. The van der Waals surface area contributed by atoms with Crippen molar-refractivity contribution in [3.05, 3.63) is 53.0 Å². The first-order valence-electron chi connectivity index (χ1n) is 6.30. The fraction of sp³-hybridized carbons (Fsp3) is 0.0714. The van der Waals surface area contributed by atoms with Gasteiger partial charge in [-0.2, -0.15) is 0 Å². The lowest BCUT2D eigenvalue weighted by molar-refractivity contribution is 0.604. The lowest BCUT2D eigenvalue weighted by Gasteiger charge is -2.00. The zero-order valence-electron chi connectivity index (χ0n) is 11.5. The summed E-state index contributed by atoms with van der Waals surface area (Å²) in [4.78, 5) is 12.2. The van der Waals surface area contributed by atoms with Crippen LogP contribution >= 0.6 is 11.6 Å². The van der Waals surface area contributed by atoms with Crippen LogP contribution in [0.5, 0.6) is 0 Å². The van der Waals surface area contributed by atoms with E-state index in [-0.39, 0.29) is 10.0 Å². The molecule has 0 radical (unpaired) electrons. The van der Waals surface area contributed by atoms with Gasteiger partial charge >= 0.3 is 0 Å². The molecule has 6 nitrogen and oxygen atoms in total. The van der Waals surface area contributed by atoms with Gasteiger partial charge < -0.3 is 0 Å². The molecule has 0 amide bonds. The van der Waals surface area contributed by atoms with Gasteiger partial charge in [0.05, 0.1) is 10.3 Å². The van der Waals surface area contributed by atoms with E-state index in [4.69, 9.17) is 11.6 Å². The summed E-state index contributed by atoms with van der Waals surface area (Å²) < 4.78 is 26.0. The Hall–Kier alpha value is -2.25. The van der Waals surface area contributed by atoms with E-state index < -0.39 is 9.84 Å². The van der Waals surface area contributed by atoms with E-state index in [1.807, 2.05) is 6.92 Å². The molecule has 0 aliphatic rings. The van der Waals surface area contributed by atoms with Crippen LogP contribution in [-0.4, -0.2) is 27.9 Å². The second-order valence-corrected chi connectivity index (χ2v) is 6.82. The Morgan fingerprint density at radius 1 is 1.14 bits per heavy atom. The summed E-state index contributed by atoms with van der Waals surface area (Å²) in [6.45, 7) is 1.90. The van der Waals surface area contributed by atoms with Gasteiger partial charge in [-0.1, -0.05) is 29.3 Å². The van der Waals surface area contributed by atoms with Gasteiger partial charge in [0.15, 0.2) is 10.8 Å².